The summed E-state index contributed by atoms with van der Waals surface area (Å²) in [6, 6.07) is 7.00. The smallest absolute Gasteiger partial charge is 0.247 e. The van der Waals surface area contributed by atoms with Gasteiger partial charge < -0.3 is 30.9 Å². The van der Waals surface area contributed by atoms with Crippen LogP contribution < -0.4 is 26.0 Å². The summed E-state index contributed by atoms with van der Waals surface area (Å²) in [6.07, 6.45) is 4.28. The number of hydrogen-bond acceptors (Lipinski definition) is 9. The number of hydrogen-bond donors (Lipinski definition) is 4. The highest BCUT2D eigenvalue weighted by molar-refractivity contribution is 6.03. The predicted octanol–water partition coefficient (Wildman–Crippen LogP) is 2.85. The third kappa shape index (κ3) is 6.71. The molecule has 0 bridgehead atoms. The fraction of sp³-hybridized carbons (Fsp3) is 0.448. The summed E-state index contributed by atoms with van der Waals surface area (Å²) in [5, 5.41) is 12.6. The highest BCUT2D eigenvalue weighted by Gasteiger charge is 2.42. The van der Waals surface area contributed by atoms with Gasteiger partial charge in [-0.3, -0.25) is 14.4 Å². The number of anilines is 3. The first-order chi connectivity index (χ1) is 19.5. The molecule has 1 unspecified atom stereocenters. The average molecular weight is 563 g/mol. The second-order valence-corrected chi connectivity index (χ2v) is 11.1. The van der Waals surface area contributed by atoms with Crippen molar-refractivity contribution in [2.75, 3.05) is 31.3 Å². The van der Waals surface area contributed by atoms with Crippen molar-refractivity contribution in [3.05, 3.63) is 42.9 Å². The van der Waals surface area contributed by atoms with Crippen molar-refractivity contribution >= 4 is 45.9 Å². The first kappa shape index (κ1) is 29.7. The number of carbonyl (C=O) groups is 3. The number of methoxy groups -OCH3 is 1. The molecule has 3 amide bonds. The highest BCUT2D eigenvalue weighted by Crippen LogP contribution is 2.34. The lowest BCUT2D eigenvalue weighted by Gasteiger charge is -2.36. The van der Waals surface area contributed by atoms with Gasteiger partial charge in [0.25, 0.3) is 0 Å². The minimum Gasteiger partial charge on any atom is -0.494 e. The van der Waals surface area contributed by atoms with E-state index in [9.17, 15) is 14.4 Å². The summed E-state index contributed by atoms with van der Waals surface area (Å²) in [7, 11) is 3.20. The largest absolute Gasteiger partial charge is 0.494 e. The Hall–Kier alpha value is -4.32. The Kier molecular flexibility index (Phi) is 9.01. The van der Waals surface area contributed by atoms with Crippen molar-refractivity contribution in [3.63, 3.8) is 0 Å². The minimum atomic E-state index is -0.799. The van der Waals surface area contributed by atoms with Crippen LogP contribution in [0.1, 0.15) is 40.5 Å². The first-order valence-corrected chi connectivity index (χ1v) is 13.6. The zero-order chi connectivity index (χ0) is 29.7. The van der Waals surface area contributed by atoms with Gasteiger partial charge in [0, 0.05) is 24.2 Å². The Morgan fingerprint density at radius 2 is 1.90 bits per heavy atom. The lowest BCUT2D eigenvalue weighted by atomic mass is 9.85. The number of ether oxygens (including phenoxy) is 1. The number of benzene rings is 1. The maximum atomic E-state index is 13.8. The van der Waals surface area contributed by atoms with E-state index >= 15 is 0 Å². The monoisotopic (exact) mass is 562 g/mol. The Morgan fingerprint density at radius 3 is 2.56 bits per heavy atom. The number of aromatic nitrogens is 3. The normalized spacial score (nSPS) is 16.6. The van der Waals surface area contributed by atoms with Gasteiger partial charge >= 0.3 is 0 Å². The van der Waals surface area contributed by atoms with Gasteiger partial charge in [-0.1, -0.05) is 26.8 Å². The lowest BCUT2D eigenvalue weighted by Crippen LogP contribution is -2.59. The van der Waals surface area contributed by atoms with Crippen molar-refractivity contribution in [1.82, 2.24) is 30.5 Å². The topological polar surface area (TPSA) is 150 Å². The van der Waals surface area contributed by atoms with Crippen molar-refractivity contribution in [3.8, 4) is 5.75 Å². The van der Waals surface area contributed by atoms with Crippen LogP contribution in [0.2, 0.25) is 0 Å². The summed E-state index contributed by atoms with van der Waals surface area (Å²) in [5.74, 6) is 0.645. The zero-order valence-electron chi connectivity index (χ0n) is 24.3. The van der Waals surface area contributed by atoms with Crippen LogP contribution in [0.15, 0.2) is 42.9 Å². The molecule has 218 valence electrons. The summed E-state index contributed by atoms with van der Waals surface area (Å²) < 4.78 is 5.57. The summed E-state index contributed by atoms with van der Waals surface area (Å²) >= 11 is 0. The van der Waals surface area contributed by atoms with Crippen LogP contribution in [0.4, 0.5) is 17.3 Å². The van der Waals surface area contributed by atoms with Crippen molar-refractivity contribution in [1.29, 1.82) is 0 Å². The number of rotatable bonds is 9. The average Bonchev–Trinajstić information content (AvgIpc) is 3.45. The van der Waals surface area contributed by atoms with E-state index in [4.69, 9.17) is 4.74 Å². The van der Waals surface area contributed by atoms with Crippen LogP contribution in [0, 0.1) is 5.41 Å². The fourth-order valence-electron chi connectivity index (χ4n) is 4.74. The number of amides is 3. The molecule has 0 saturated carbocycles. The Morgan fingerprint density at radius 1 is 1.12 bits per heavy atom. The lowest BCUT2D eigenvalue weighted by molar-refractivity contribution is -0.143. The van der Waals surface area contributed by atoms with Gasteiger partial charge in [0.2, 0.25) is 17.7 Å². The van der Waals surface area contributed by atoms with Crippen molar-refractivity contribution < 1.29 is 19.1 Å². The van der Waals surface area contributed by atoms with E-state index in [2.05, 4.69) is 36.2 Å². The number of carbonyl (C=O) groups excluding carboxylic acids is 3. The van der Waals surface area contributed by atoms with E-state index in [1.54, 1.807) is 37.2 Å². The van der Waals surface area contributed by atoms with Crippen LogP contribution >= 0.6 is 0 Å². The molecule has 1 aliphatic rings. The number of likely N-dealkylation sites (N-methyl/N-ethyl adjacent to an activating group) is 1. The van der Waals surface area contributed by atoms with Crippen molar-refractivity contribution in [2.45, 2.75) is 58.7 Å². The SMILES string of the molecule is CN[C@@H](C)C(=O)N[C@H](C(=O)N1CCCC1C(=O)Nc1cc2c(Nc3ccccn3)ncnc2cc1OC)C(C)(C)C. The number of nitrogens with one attached hydrogen (secondary N) is 4. The molecule has 0 radical (unpaired) electrons. The number of likely N-dealkylation sites (tertiary alicyclic amines) is 1. The summed E-state index contributed by atoms with van der Waals surface area (Å²) in [4.78, 5) is 54.7. The molecule has 1 saturated heterocycles. The molecule has 1 aliphatic heterocycles. The second-order valence-electron chi connectivity index (χ2n) is 11.1. The van der Waals surface area contributed by atoms with E-state index < -0.39 is 23.5 Å². The molecule has 0 spiro atoms. The Labute approximate surface area is 239 Å². The molecule has 4 N–H and O–H groups in total. The zero-order valence-corrected chi connectivity index (χ0v) is 24.3. The van der Waals surface area contributed by atoms with E-state index in [1.165, 1.54) is 13.4 Å². The van der Waals surface area contributed by atoms with E-state index in [1.807, 2.05) is 39.0 Å². The van der Waals surface area contributed by atoms with Gasteiger partial charge in [0.15, 0.2) is 0 Å². The van der Waals surface area contributed by atoms with Crippen LogP contribution in [0.5, 0.6) is 5.75 Å². The standard InChI is InChI=1S/C29H38N8O4/c1-17(30-5)26(38)36-24(29(2,3)4)28(40)37-13-9-10-21(37)27(39)34-20-14-18-19(15-22(20)41-6)32-16-33-25(18)35-23-11-7-8-12-31-23/h7-8,11-12,14-17,21,24,30H,9-10,13H2,1-6H3,(H,34,39)(H,36,38)(H,31,32,33,35)/t17-,21?,24+/m0/s1. The maximum Gasteiger partial charge on any atom is 0.247 e. The van der Waals surface area contributed by atoms with E-state index in [0.29, 0.717) is 53.4 Å². The molecule has 3 heterocycles. The molecular formula is C29H38N8O4. The minimum absolute atomic E-state index is 0.279. The first-order valence-electron chi connectivity index (χ1n) is 13.6. The molecule has 4 rings (SSSR count). The number of nitrogens with zero attached hydrogens (tertiary/aromatic N) is 4. The van der Waals surface area contributed by atoms with E-state index in [-0.39, 0.29) is 17.7 Å². The molecule has 1 aromatic carbocycles. The second kappa shape index (κ2) is 12.5. The third-order valence-electron chi connectivity index (χ3n) is 7.19. The Bertz CT molecular complexity index is 1410. The summed E-state index contributed by atoms with van der Waals surface area (Å²) in [6.45, 7) is 7.82. The molecule has 12 nitrogen and oxygen atoms in total. The van der Waals surface area contributed by atoms with Crippen LogP contribution in [0.25, 0.3) is 10.9 Å². The quantitative estimate of drug-likeness (QED) is 0.309. The van der Waals surface area contributed by atoms with Gasteiger partial charge in [-0.25, -0.2) is 15.0 Å². The molecule has 2 aromatic heterocycles. The molecule has 12 heteroatoms. The van der Waals surface area contributed by atoms with Gasteiger partial charge in [-0.05, 0) is 50.4 Å². The molecule has 1 fully saturated rings. The highest BCUT2D eigenvalue weighted by atomic mass is 16.5. The number of fused-ring (bicyclic) bond motifs is 1. The molecule has 3 atom stereocenters. The molecule has 41 heavy (non-hydrogen) atoms. The molecule has 3 aromatic rings. The van der Waals surface area contributed by atoms with E-state index in [0.717, 1.165) is 0 Å². The van der Waals surface area contributed by atoms with Crippen molar-refractivity contribution in [2.24, 2.45) is 5.41 Å². The molecular weight excluding hydrogens is 524 g/mol. The summed E-state index contributed by atoms with van der Waals surface area (Å²) in [5.41, 5.74) is 0.472. The van der Waals surface area contributed by atoms with Crippen LogP contribution in [-0.2, 0) is 14.4 Å². The maximum absolute atomic E-state index is 13.8. The number of pyridine rings is 1. The van der Waals surface area contributed by atoms with Gasteiger partial charge in [-0.2, -0.15) is 0 Å². The van der Waals surface area contributed by atoms with Gasteiger partial charge in [-0.15, -0.1) is 0 Å². The third-order valence-corrected chi connectivity index (χ3v) is 7.19. The van der Waals surface area contributed by atoms with Gasteiger partial charge in [0.05, 0.1) is 24.4 Å². The predicted molar refractivity (Wildman–Crippen MR) is 157 cm³/mol. The van der Waals surface area contributed by atoms with Crippen LogP contribution in [0.3, 0.4) is 0 Å². The fourth-order valence-corrected chi connectivity index (χ4v) is 4.74. The molecule has 0 aliphatic carbocycles. The van der Waals surface area contributed by atoms with Gasteiger partial charge in [0.1, 0.15) is 35.8 Å². The van der Waals surface area contributed by atoms with Crippen LogP contribution in [-0.4, -0.2) is 76.4 Å². The Balaban J connectivity index is 1.59.